The average Bonchev–Trinajstić information content (AvgIpc) is 3.20. The molecule has 2 aromatic rings. The van der Waals surface area contributed by atoms with E-state index in [-0.39, 0.29) is 0 Å². The first-order chi connectivity index (χ1) is 13.3. The summed E-state index contributed by atoms with van der Waals surface area (Å²) in [7, 11) is -1.89. The molecule has 0 unspecified atom stereocenters. The molecule has 1 aromatic carbocycles. The third-order valence-corrected chi connectivity index (χ3v) is 6.94. The van der Waals surface area contributed by atoms with Crippen LogP contribution < -0.4 is 4.72 Å². The van der Waals surface area contributed by atoms with E-state index in [1.807, 2.05) is 33.0 Å². The molecule has 0 saturated heterocycles. The second kappa shape index (κ2) is 8.25. The molecule has 2 heterocycles. The number of nitrogens with zero attached hydrogens (tertiary/aromatic N) is 3. The molecule has 28 heavy (non-hydrogen) atoms. The van der Waals surface area contributed by atoms with Crippen molar-refractivity contribution in [3.8, 4) is 0 Å². The van der Waals surface area contributed by atoms with E-state index >= 15 is 0 Å². The summed E-state index contributed by atoms with van der Waals surface area (Å²) in [6, 6.07) is 5.91. The lowest BCUT2D eigenvalue weighted by molar-refractivity contribution is 0.266. The second-order valence-electron chi connectivity index (χ2n) is 8.00. The largest absolute Gasteiger partial charge is 0.295 e. The minimum absolute atomic E-state index is 0.340. The van der Waals surface area contributed by atoms with E-state index in [0.29, 0.717) is 35.0 Å². The highest BCUT2D eigenvalue weighted by Gasteiger charge is 2.29. The van der Waals surface area contributed by atoms with Gasteiger partial charge in [0, 0.05) is 20.1 Å². The molecule has 0 atom stereocenters. The minimum Gasteiger partial charge on any atom is -0.295 e. The number of fused-ring (bicyclic) bond motifs is 1. The smallest absolute Gasteiger partial charge is 0.265 e. The molecule has 0 radical (unpaired) electrons. The zero-order chi connectivity index (χ0) is 20.5. The number of nitrogens with one attached hydrogen (secondary N) is 1. The standard InChI is InChI=1S/C21H32N4O2S/c1-6-18-21(20(7-2)24(5)22-18)28(26,27)23-19-10-8-9-16-13-25(14-17(16)19)12-11-15(3)4/h8-10,15,23H,6-7,11-14H2,1-5H3. The molecule has 7 heteroatoms. The molecule has 0 fully saturated rings. The maximum absolute atomic E-state index is 13.3. The zero-order valence-corrected chi connectivity index (χ0v) is 18.4. The second-order valence-corrected chi connectivity index (χ2v) is 9.61. The zero-order valence-electron chi connectivity index (χ0n) is 17.6. The first kappa shape index (κ1) is 20.9. The van der Waals surface area contributed by atoms with E-state index < -0.39 is 10.0 Å². The lowest BCUT2D eigenvalue weighted by Gasteiger charge is -2.16. The Morgan fingerprint density at radius 2 is 1.93 bits per heavy atom. The van der Waals surface area contributed by atoms with Crippen LogP contribution in [0.15, 0.2) is 23.1 Å². The Balaban J connectivity index is 1.89. The van der Waals surface area contributed by atoms with E-state index in [1.54, 1.807) is 4.68 Å². The van der Waals surface area contributed by atoms with Crippen molar-refractivity contribution in [1.29, 1.82) is 0 Å². The highest BCUT2D eigenvalue weighted by atomic mass is 32.2. The molecule has 0 bridgehead atoms. The fourth-order valence-electron chi connectivity index (χ4n) is 3.91. The lowest BCUT2D eigenvalue weighted by Crippen LogP contribution is -2.20. The fraction of sp³-hybridized carbons (Fsp3) is 0.571. The van der Waals surface area contributed by atoms with Gasteiger partial charge in [-0.2, -0.15) is 5.10 Å². The van der Waals surface area contributed by atoms with Crippen LogP contribution >= 0.6 is 0 Å². The first-order valence-corrected chi connectivity index (χ1v) is 11.7. The van der Waals surface area contributed by atoms with Crippen LogP contribution in [-0.4, -0.2) is 29.6 Å². The number of hydrogen-bond donors (Lipinski definition) is 1. The van der Waals surface area contributed by atoms with Gasteiger partial charge in [-0.05, 0) is 48.9 Å². The lowest BCUT2D eigenvalue weighted by atomic mass is 10.1. The molecule has 6 nitrogen and oxygen atoms in total. The molecule has 0 saturated carbocycles. The van der Waals surface area contributed by atoms with Crippen molar-refractivity contribution < 1.29 is 8.42 Å². The van der Waals surface area contributed by atoms with Crippen LogP contribution in [0.3, 0.4) is 0 Å². The van der Waals surface area contributed by atoms with Gasteiger partial charge in [-0.1, -0.05) is 39.8 Å². The summed E-state index contributed by atoms with van der Waals surface area (Å²) >= 11 is 0. The quantitative estimate of drug-likeness (QED) is 0.728. The van der Waals surface area contributed by atoms with Gasteiger partial charge in [-0.15, -0.1) is 0 Å². The summed E-state index contributed by atoms with van der Waals surface area (Å²) in [5.74, 6) is 0.659. The number of rotatable bonds is 8. The van der Waals surface area contributed by atoms with Gasteiger partial charge in [0.05, 0.1) is 17.1 Å². The van der Waals surface area contributed by atoms with E-state index in [0.717, 1.165) is 37.3 Å². The summed E-state index contributed by atoms with van der Waals surface area (Å²) in [5, 5.41) is 4.42. The number of hydrogen-bond acceptors (Lipinski definition) is 4. The summed E-state index contributed by atoms with van der Waals surface area (Å²) in [4.78, 5) is 2.73. The summed E-state index contributed by atoms with van der Waals surface area (Å²) in [5.41, 5.74) is 4.36. The maximum Gasteiger partial charge on any atom is 0.265 e. The van der Waals surface area contributed by atoms with E-state index in [1.165, 1.54) is 5.56 Å². The van der Waals surface area contributed by atoms with Crippen molar-refractivity contribution in [3.63, 3.8) is 0 Å². The molecule has 0 spiro atoms. The Hall–Kier alpha value is -1.86. The van der Waals surface area contributed by atoms with Crippen LogP contribution in [0.25, 0.3) is 0 Å². The Bertz CT molecular complexity index is 948. The third kappa shape index (κ3) is 4.10. The van der Waals surface area contributed by atoms with Gasteiger partial charge < -0.3 is 0 Å². The van der Waals surface area contributed by atoms with Crippen molar-refractivity contribution in [2.24, 2.45) is 13.0 Å². The Morgan fingerprint density at radius 3 is 2.57 bits per heavy atom. The van der Waals surface area contributed by atoms with E-state index in [2.05, 4.69) is 34.6 Å². The van der Waals surface area contributed by atoms with Crippen LogP contribution in [0.1, 0.15) is 56.6 Å². The minimum atomic E-state index is -3.69. The Kier molecular flexibility index (Phi) is 6.15. The van der Waals surface area contributed by atoms with Crippen molar-refractivity contribution in [2.45, 2.75) is 64.9 Å². The van der Waals surface area contributed by atoms with Gasteiger partial charge in [-0.25, -0.2) is 8.42 Å². The summed E-state index contributed by atoms with van der Waals surface area (Å²) < 4.78 is 31.2. The van der Waals surface area contributed by atoms with Crippen molar-refractivity contribution in [3.05, 3.63) is 40.7 Å². The topological polar surface area (TPSA) is 67.2 Å². The maximum atomic E-state index is 13.3. The SMILES string of the molecule is CCc1nn(C)c(CC)c1S(=O)(=O)Nc1cccc2c1CN(CCC(C)C)C2. The number of benzene rings is 1. The van der Waals surface area contributed by atoms with Crippen molar-refractivity contribution in [2.75, 3.05) is 11.3 Å². The third-order valence-electron chi connectivity index (χ3n) is 5.44. The Labute approximate surface area is 169 Å². The number of aryl methyl sites for hydroxylation is 2. The van der Waals surface area contributed by atoms with Crippen molar-refractivity contribution >= 4 is 15.7 Å². The van der Waals surface area contributed by atoms with Crippen LogP contribution in [0.5, 0.6) is 0 Å². The van der Waals surface area contributed by atoms with Crippen LogP contribution in [-0.2, 0) is 43.0 Å². The predicted octanol–water partition coefficient (Wildman–Crippen LogP) is 3.71. The van der Waals surface area contributed by atoms with Gasteiger partial charge in [0.25, 0.3) is 10.0 Å². The molecular formula is C21H32N4O2S. The van der Waals surface area contributed by atoms with Gasteiger partial charge in [0.1, 0.15) is 4.90 Å². The molecule has 1 N–H and O–H groups in total. The summed E-state index contributed by atoms with van der Waals surface area (Å²) in [6.45, 7) is 11.1. The monoisotopic (exact) mass is 404 g/mol. The predicted molar refractivity (Wildman–Crippen MR) is 113 cm³/mol. The molecule has 154 valence electrons. The average molecular weight is 405 g/mol. The normalized spacial score (nSPS) is 14.6. The molecule has 3 rings (SSSR count). The molecule has 0 aliphatic carbocycles. The Morgan fingerprint density at radius 1 is 1.18 bits per heavy atom. The summed E-state index contributed by atoms with van der Waals surface area (Å²) in [6.07, 6.45) is 2.35. The van der Waals surface area contributed by atoms with Gasteiger partial charge >= 0.3 is 0 Å². The van der Waals surface area contributed by atoms with Gasteiger partial charge in [-0.3, -0.25) is 14.3 Å². The number of aromatic nitrogens is 2. The fourth-order valence-corrected chi connectivity index (χ4v) is 5.58. The first-order valence-electron chi connectivity index (χ1n) is 10.2. The molecule has 0 amide bonds. The highest BCUT2D eigenvalue weighted by Crippen LogP contribution is 2.32. The number of anilines is 1. The molecular weight excluding hydrogens is 372 g/mol. The van der Waals surface area contributed by atoms with Gasteiger partial charge in [0.15, 0.2) is 0 Å². The molecule has 1 aliphatic heterocycles. The van der Waals surface area contributed by atoms with Crippen molar-refractivity contribution in [1.82, 2.24) is 14.7 Å². The number of sulfonamides is 1. The van der Waals surface area contributed by atoms with Gasteiger partial charge in [0.2, 0.25) is 0 Å². The molecule has 1 aliphatic rings. The van der Waals surface area contributed by atoms with Crippen LogP contribution in [0, 0.1) is 5.92 Å². The highest BCUT2D eigenvalue weighted by molar-refractivity contribution is 7.92. The molecule has 1 aromatic heterocycles. The van der Waals surface area contributed by atoms with Crippen LogP contribution in [0.2, 0.25) is 0 Å². The van der Waals surface area contributed by atoms with Crippen LogP contribution in [0.4, 0.5) is 5.69 Å². The van der Waals surface area contributed by atoms with E-state index in [4.69, 9.17) is 0 Å². The van der Waals surface area contributed by atoms with E-state index in [9.17, 15) is 8.42 Å².